The number of amides is 1. The summed E-state index contributed by atoms with van der Waals surface area (Å²) in [5, 5.41) is 11.7. The molecule has 0 spiro atoms. The molecule has 0 saturated heterocycles. The number of carboxylic acid groups (broad SMARTS) is 1. The number of ether oxygens (including phenoxy) is 1. The van der Waals surface area contributed by atoms with Crippen LogP contribution in [-0.2, 0) is 16.0 Å². The second-order valence-corrected chi connectivity index (χ2v) is 5.76. The summed E-state index contributed by atoms with van der Waals surface area (Å²) in [6, 6.07) is 5.21. The number of rotatable bonds is 4. The SMILES string of the molecule is CC(C)(C)OC(=O)NC(C)(Cc1ccccn1)C(=O)O. The molecule has 2 N–H and O–H groups in total. The van der Waals surface area contributed by atoms with Crippen molar-refractivity contribution < 1.29 is 19.4 Å². The molecule has 0 aliphatic rings. The Morgan fingerprint density at radius 3 is 2.40 bits per heavy atom. The van der Waals surface area contributed by atoms with Crippen molar-refractivity contribution in [1.82, 2.24) is 10.3 Å². The Kier molecular flexibility index (Phi) is 4.70. The van der Waals surface area contributed by atoms with Gasteiger partial charge in [-0.05, 0) is 39.8 Å². The van der Waals surface area contributed by atoms with E-state index in [0.29, 0.717) is 5.69 Å². The highest BCUT2D eigenvalue weighted by Gasteiger charge is 2.37. The predicted molar refractivity (Wildman–Crippen MR) is 73.4 cm³/mol. The van der Waals surface area contributed by atoms with Gasteiger partial charge in [-0.15, -0.1) is 0 Å². The van der Waals surface area contributed by atoms with Crippen LogP contribution in [0, 0.1) is 0 Å². The normalized spacial score (nSPS) is 14.2. The number of hydrogen-bond donors (Lipinski definition) is 2. The molecule has 1 heterocycles. The highest BCUT2D eigenvalue weighted by atomic mass is 16.6. The summed E-state index contributed by atoms with van der Waals surface area (Å²) >= 11 is 0. The van der Waals surface area contributed by atoms with E-state index in [4.69, 9.17) is 4.74 Å². The molecule has 1 amide bonds. The van der Waals surface area contributed by atoms with E-state index in [1.165, 1.54) is 6.92 Å². The first-order valence-corrected chi connectivity index (χ1v) is 6.27. The number of aromatic nitrogens is 1. The third-order valence-corrected chi connectivity index (χ3v) is 2.51. The zero-order valence-electron chi connectivity index (χ0n) is 12.1. The van der Waals surface area contributed by atoms with Crippen LogP contribution >= 0.6 is 0 Å². The number of carboxylic acids is 1. The summed E-state index contributed by atoms with van der Waals surface area (Å²) in [5.41, 5.74) is -1.58. The maximum atomic E-state index is 11.8. The number of aliphatic carboxylic acids is 1. The van der Waals surface area contributed by atoms with Crippen molar-refractivity contribution in [3.05, 3.63) is 30.1 Å². The van der Waals surface area contributed by atoms with Gasteiger partial charge in [-0.1, -0.05) is 6.07 Å². The van der Waals surface area contributed by atoms with Crippen LogP contribution in [0.2, 0.25) is 0 Å². The fraction of sp³-hybridized carbons (Fsp3) is 0.500. The van der Waals surface area contributed by atoms with Gasteiger partial charge in [0.2, 0.25) is 0 Å². The van der Waals surface area contributed by atoms with Crippen LogP contribution < -0.4 is 5.32 Å². The lowest BCUT2D eigenvalue weighted by Crippen LogP contribution is -2.55. The monoisotopic (exact) mass is 280 g/mol. The molecule has 110 valence electrons. The van der Waals surface area contributed by atoms with Gasteiger partial charge in [-0.2, -0.15) is 0 Å². The van der Waals surface area contributed by atoms with Crippen LogP contribution in [0.15, 0.2) is 24.4 Å². The molecule has 0 bridgehead atoms. The van der Waals surface area contributed by atoms with Gasteiger partial charge in [-0.3, -0.25) is 4.98 Å². The zero-order valence-corrected chi connectivity index (χ0v) is 12.1. The Labute approximate surface area is 118 Å². The first kappa shape index (κ1) is 15.9. The minimum absolute atomic E-state index is 0.0718. The number of carbonyl (C=O) groups excluding carboxylic acids is 1. The summed E-state index contributed by atoms with van der Waals surface area (Å²) in [6.45, 7) is 6.56. The predicted octanol–water partition coefficient (Wildman–Crippen LogP) is 1.99. The largest absolute Gasteiger partial charge is 0.480 e. The highest BCUT2D eigenvalue weighted by Crippen LogP contribution is 2.14. The quantitative estimate of drug-likeness (QED) is 0.880. The first-order chi connectivity index (χ1) is 9.12. The minimum atomic E-state index is -1.48. The summed E-state index contributed by atoms with van der Waals surface area (Å²) in [5.74, 6) is -1.14. The molecule has 0 fully saturated rings. The van der Waals surface area contributed by atoms with Crippen LogP contribution in [0.25, 0.3) is 0 Å². The fourth-order valence-electron chi connectivity index (χ4n) is 1.57. The first-order valence-electron chi connectivity index (χ1n) is 6.27. The summed E-state index contributed by atoms with van der Waals surface area (Å²) in [6.07, 6.45) is 0.881. The summed E-state index contributed by atoms with van der Waals surface area (Å²) in [4.78, 5) is 27.3. The molecule has 0 radical (unpaired) electrons. The number of pyridine rings is 1. The Morgan fingerprint density at radius 1 is 1.30 bits per heavy atom. The van der Waals surface area contributed by atoms with E-state index >= 15 is 0 Å². The number of hydrogen-bond acceptors (Lipinski definition) is 4. The summed E-state index contributed by atoms with van der Waals surface area (Å²) < 4.78 is 5.09. The van der Waals surface area contributed by atoms with Crippen molar-refractivity contribution in [3.8, 4) is 0 Å². The Bertz CT molecular complexity index is 482. The van der Waals surface area contributed by atoms with Gasteiger partial charge in [0.1, 0.15) is 11.1 Å². The lowest BCUT2D eigenvalue weighted by Gasteiger charge is -2.28. The number of alkyl carbamates (subject to hydrolysis) is 1. The van der Waals surface area contributed by atoms with E-state index in [0.717, 1.165) is 0 Å². The van der Waals surface area contributed by atoms with Crippen LogP contribution in [-0.4, -0.2) is 33.3 Å². The second-order valence-electron chi connectivity index (χ2n) is 5.76. The van der Waals surface area contributed by atoms with E-state index in [2.05, 4.69) is 10.3 Å². The second kappa shape index (κ2) is 5.90. The molecule has 1 rings (SSSR count). The molecule has 6 heteroatoms. The fourth-order valence-corrected chi connectivity index (χ4v) is 1.57. The van der Waals surface area contributed by atoms with E-state index < -0.39 is 23.2 Å². The molecule has 0 aliphatic carbocycles. The van der Waals surface area contributed by atoms with Crippen LogP contribution in [0.4, 0.5) is 4.79 Å². The number of nitrogens with zero attached hydrogens (tertiary/aromatic N) is 1. The van der Waals surface area contributed by atoms with Crippen molar-refractivity contribution in [2.45, 2.75) is 45.3 Å². The van der Waals surface area contributed by atoms with Gasteiger partial charge in [-0.25, -0.2) is 9.59 Å². The van der Waals surface area contributed by atoms with Gasteiger partial charge in [0, 0.05) is 18.3 Å². The highest BCUT2D eigenvalue weighted by molar-refractivity contribution is 5.84. The van der Waals surface area contributed by atoms with Crippen LogP contribution in [0.5, 0.6) is 0 Å². The van der Waals surface area contributed by atoms with E-state index in [1.807, 2.05) is 0 Å². The van der Waals surface area contributed by atoms with Gasteiger partial charge in [0.25, 0.3) is 0 Å². The maximum Gasteiger partial charge on any atom is 0.408 e. The number of nitrogens with one attached hydrogen (secondary N) is 1. The summed E-state index contributed by atoms with van der Waals surface area (Å²) in [7, 11) is 0. The van der Waals surface area contributed by atoms with E-state index in [9.17, 15) is 14.7 Å². The topological polar surface area (TPSA) is 88.5 Å². The van der Waals surface area contributed by atoms with E-state index in [-0.39, 0.29) is 6.42 Å². The Balaban J connectivity index is 2.82. The molecule has 20 heavy (non-hydrogen) atoms. The molecule has 1 atom stereocenters. The van der Waals surface area contributed by atoms with Crippen molar-refractivity contribution in [3.63, 3.8) is 0 Å². The molecule has 0 aliphatic heterocycles. The molecular formula is C14H20N2O4. The third kappa shape index (κ3) is 4.87. The number of carbonyl (C=O) groups is 2. The Hall–Kier alpha value is -2.11. The van der Waals surface area contributed by atoms with Crippen molar-refractivity contribution >= 4 is 12.1 Å². The van der Waals surface area contributed by atoms with Crippen molar-refractivity contribution in [1.29, 1.82) is 0 Å². The minimum Gasteiger partial charge on any atom is -0.480 e. The van der Waals surface area contributed by atoms with Crippen LogP contribution in [0.1, 0.15) is 33.4 Å². The molecule has 0 saturated carbocycles. The van der Waals surface area contributed by atoms with Gasteiger partial charge < -0.3 is 15.2 Å². The van der Waals surface area contributed by atoms with Crippen molar-refractivity contribution in [2.75, 3.05) is 0 Å². The molecule has 1 aromatic heterocycles. The average molecular weight is 280 g/mol. The molecule has 1 unspecified atom stereocenters. The molecule has 6 nitrogen and oxygen atoms in total. The van der Waals surface area contributed by atoms with Gasteiger partial charge >= 0.3 is 12.1 Å². The van der Waals surface area contributed by atoms with Crippen LogP contribution in [0.3, 0.4) is 0 Å². The average Bonchev–Trinajstić information content (AvgIpc) is 2.26. The lowest BCUT2D eigenvalue weighted by molar-refractivity contribution is -0.144. The molecular weight excluding hydrogens is 260 g/mol. The van der Waals surface area contributed by atoms with E-state index in [1.54, 1.807) is 45.2 Å². The molecule has 1 aromatic rings. The zero-order chi connectivity index (χ0) is 15.4. The van der Waals surface area contributed by atoms with Crippen molar-refractivity contribution in [2.24, 2.45) is 0 Å². The van der Waals surface area contributed by atoms with Gasteiger partial charge in [0.05, 0.1) is 0 Å². The van der Waals surface area contributed by atoms with Gasteiger partial charge in [0.15, 0.2) is 0 Å². The Morgan fingerprint density at radius 2 is 1.95 bits per heavy atom. The maximum absolute atomic E-state index is 11.8. The molecule has 0 aromatic carbocycles. The lowest BCUT2D eigenvalue weighted by atomic mass is 9.96. The standard InChI is InChI=1S/C14H20N2O4/c1-13(2,3)20-12(19)16-14(4,11(17)18)9-10-7-5-6-8-15-10/h5-8H,9H2,1-4H3,(H,16,19)(H,17,18). The smallest absolute Gasteiger partial charge is 0.408 e. The third-order valence-electron chi connectivity index (χ3n) is 2.51.